The molecule has 20 heavy (non-hydrogen) atoms. The minimum Gasteiger partial charge on any atom is -0.0999 e. The first kappa shape index (κ1) is 11.1. The summed E-state index contributed by atoms with van der Waals surface area (Å²) in [5, 5.41) is 0. The summed E-state index contributed by atoms with van der Waals surface area (Å²) in [6, 6.07) is 0. The summed E-state index contributed by atoms with van der Waals surface area (Å²) in [5.41, 5.74) is 1.50. The van der Waals surface area contributed by atoms with Crippen LogP contribution in [0.5, 0.6) is 0 Å². The zero-order valence-electron chi connectivity index (χ0n) is 12.5. The Labute approximate surface area is 122 Å². The molecule has 5 saturated carbocycles. The van der Waals surface area contributed by atoms with Crippen molar-refractivity contribution in [2.75, 3.05) is 0 Å². The summed E-state index contributed by atoms with van der Waals surface area (Å²) in [4.78, 5) is 0. The van der Waals surface area contributed by atoms with Gasteiger partial charge in [0.15, 0.2) is 0 Å². The lowest BCUT2D eigenvalue weighted by Crippen LogP contribution is -2.41. The molecule has 0 nitrogen and oxygen atoms in total. The third-order valence-corrected chi connectivity index (χ3v) is 8.87. The Bertz CT molecular complexity index is 528. The fourth-order valence-corrected chi connectivity index (χ4v) is 8.82. The van der Waals surface area contributed by atoms with Gasteiger partial charge >= 0.3 is 0 Å². The lowest BCUT2D eigenvalue weighted by Gasteiger charge is -2.46. The van der Waals surface area contributed by atoms with Crippen LogP contribution in [0.3, 0.4) is 0 Å². The number of hydrogen-bond acceptors (Lipinski definition) is 0. The first-order chi connectivity index (χ1) is 9.74. The highest BCUT2D eigenvalue weighted by atomic mass is 14.7. The van der Waals surface area contributed by atoms with Gasteiger partial charge in [0.05, 0.1) is 0 Å². The van der Waals surface area contributed by atoms with Crippen molar-refractivity contribution in [3.63, 3.8) is 0 Å². The van der Waals surface area contributed by atoms with Crippen LogP contribution in [0.4, 0.5) is 0 Å². The molecule has 0 aromatic heterocycles. The SMILES string of the molecule is C=C(C)C1CC2CC1C1C3CC(C4C5C=CC(C5)C34)C21. The fourth-order valence-electron chi connectivity index (χ4n) is 8.82. The zero-order chi connectivity index (χ0) is 13.2. The van der Waals surface area contributed by atoms with Crippen molar-refractivity contribution >= 4 is 0 Å². The maximum atomic E-state index is 4.33. The summed E-state index contributed by atoms with van der Waals surface area (Å²) in [7, 11) is 0. The van der Waals surface area contributed by atoms with E-state index in [2.05, 4.69) is 25.7 Å². The van der Waals surface area contributed by atoms with Crippen molar-refractivity contribution in [3.8, 4) is 0 Å². The maximum Gasteiger partial charge on any atom is -0.0175 e. The van der Waals surface area contributed by atoms with Crippen LogP contribution in [0.2, 0.25) is 0 Å². The smallest absolute Gasteiger partial charge is 0.0175 e. The molecule has 0 amide bonds. The monoisotopic (exact) mass is 266 g/mol. The average Bonchev–Trinajstić information content (AvgIpc) is 3.20. The molecule has 0 heterocycles. The van der Waals surface area contributed by atoms with Crippen LogP contribution in [0, 0.1) is 65.1 Å². The Morgan fingerprint density at radius 3 is 2.20 bits per heavy atom. The van der Waals surface area contributed by atoms with Crippen molar-refractivity contribution in [3.05, 3.63) is 24.3 Å². The summed E-state index contributed by atoms with van der Waals surface area (Å²) < 4.78 is 0. The molecule has 0 aliphatic heterocycles. The third-order valence-electron chi connectivity index (χ3n) is 8.87. The van der Waals surface area contributed by atoms with E-state index in [1.165, 1.54) is 18.4 Å². The van der Waals surface area contributed by atoms with Crippen molar-refractivity contribution in [2.45, 2.75) is 32.6 Å². The van der Waals surface area contributed by atoms with Crippen LogP contribution in [0.1, 0.15) is 32.6 Å². The van der Waals surface area contributed by atoms with Crippen LogP contribution in [-0.2, 0) is 0 Å². The lowest BCUT2D eigenvalue weighted by molar-refractivity contribution is 0.0361. The van der Waals surface area contributed by atoms with Gasteiger partial charge in [0.2, 0.25) is 0 Å². The van der Waals surface area contributed by atoms with Gasteiger partial charge in [0.1, 0.15) is 0 Å². The first-order valence-electron chi connectivity index (χ1n) is 9.07. The molecule has 11 unspecified atom stereocenters. The van der Waals surface area contributed by atoms with Crippen molar-refractivity contribution in [1.82, 2.24) is 0 Å². The average molecular weight is 266 g/mol. The van der Waals surface area contributed by atoms with E-state index in [0.29, 0.717) is 0 Å². The standard InChI is InChI=1S/C20H26/c1-9(2)13-6-12-7-14(13)20-16-8-15(19(12)20)17-10-3-4-11(5-10)18(16)17/h3-4,10-20H,1,5-8H2,2H3. The van der Waals surface area contributed by atoms with Crippen molar-refractivity contribution in [1.29, 1.82) is 0 Å². The third kappa shape index (κ3) is 1.01. The first-order valence-corrected chi connectivity index (χ1v) is 9.07. The Balaban J connectivity index is 1.41. The van der Waals surface area contributed by atoms with Crippen molar-refractivity contribution in [2.24, 2.45) is 65.1 Å². The van der Waals surface area contributed by atoms with Gasteiger partial charge in [0.25, 0.3) is 0 Å². The predicted octanol–water partition coefficient (Wildman–Crippen LogP) is 4.54. The summed E-state index contributed by atoms with van der Waals surface area (Å²) in [6.07, 6.45) is 11.4. The molecule has 5 fully saturated rings. The van der Waals surface area contributed by atoms with Crippen LogP contribution >= 0.6 is 0 Å². The van der Waals surface area contributed by atoms with Gasteiger partial charge in [-0.1, -0.05) is 24.3 Å². The number of hydrogen-bond donors (Lipinski definition) is 0. The molecule has 6 bridgehead atoms. The summed E-state index contributed by atoms with van der Waals surface area (Å²) in [5.74, 6) is 11.8. The molecule has 0 saturated heterocycles. The minimum absolute atomic E-state index is 0.896. The Kier molecular flexibility index (Phi) is 1.82. The van der Waals surface area contributed by atoms with Gasteiger partial charge in [-0.25, -0.2) is 0 Å². The van der Waals surface area contributed by atoms with E-state index in [9.17, 15) is 0 Å². The quantitative estimate of drug-likeness (QED) is 0.483. The van der Waals surface area contributed by atoms with E-state index in [4.69, 9.17) is 0 Å². The van der Waals surface area contributed by atoms with Gasteiger partial charge < -0.3 is 0 Å². The lowest BCUT2D eigenvalue weighted by atomic mass is 9.59. The maximum absolute atomic E-state index is 4.33. The van der Waals surface area contributed by atoms with Crippen LogP contribution < -0.4 is 0 Å². The molecule has 0 heteroatoms. The van der Waals surface area contributed by atoms with E-state index in [1.54, 1.807) is 12.8 Å². The van der Waals surface area contributed by atoms with Crippen molar-refractivity contribution < 1.29 is 0 Å². The van der Waals surface area contributed by atoms with Crippen LogP contribution in [0.25, 0.3) is 0 Å². The van der Waals surface area contributed by atoms with Gasteiger partial charge in [0, 0.05) is 0 Å². The summed E-state index contributed by atoms with van der Waals surface area (Å²) >= 11 is 0. The van der Waals surface area contributed by atoms with Gasteiger partial charge in [-0.05, 0) is 97.7 Å². The molecular formula is C20H26. The number of fused-ring (bicyclic) bond motifs is 16. The molecule has 0 aromatic carbocycles. The molecule has 6 aliphatic carbocycles. The van der Waals surface area contributed by atoms with Gasteiger partial charge in [-0.15, -0.1) is 0 Å². The molecular weight excluding hydrogens is 240 g/mol. The van der Waals surface area contributed by atoms with E-state index in [-0.39, 0.29) is 0 Å². The molecule has 0 radical (unpaired) electrons. The summed E-state index contributed by atoms with van der Waals surface area (Å²) in [6.45, 7) is 6.63. The molecule has 11 atom stereocenters. The predicted molar refractivity (Wildman–Crippen MR) is 80.8 cm³/mol. The van der Waals surface area contributed by atoms with Crippen LogP contribution in [-0.4, -0.2) is 0 Å². The topological polar surface area (TPSA) is 0 Å². The highest BCUT2D eigenvalue weighted by Crippen LogP contribution is 2.76. The largest absolute Gasteiger partial charge is 0.0999 e. The van der Waals surface area contributed by atoms with E-state index < -0.39 is 0 Å². The number of allylic oxidation sites excluding steroid dienone is 3. The zero-order valence-corrected chi connectivity index (χ0v) is 12.5. The molecule has 6 aliphatic rings. The number of rotatable bonds is 1. The molecule has 6 rings (SSSR count). The normalized spacial score (nSPS) is 67.0. The highest BCUT2D eigenvalue weighted by Gasteiger charge is 2.70. The molecule has 0 aromatic rings. The second-order valence-corrected chi connectivity index (χ2v) is 9.17. The molecule has 0 N–H and O–H groups in total. The van der Waals surface area contributed by atoms with Gasteiger partial charge in [-0.2, -0.15) is 0 Å². The van der Waals surface area contributed by atoms with E-state index >= 15 is 0 Å². The van der Waals surface area contributed by atoms with E-state index in [1.807, 2.05) is 0 Å². The Hall–Kier alpha value is -0.520. The Morgan fingerprint density at radius 2 is 1.50 bits per heavy atom. The second-order valence-electron chi connectivity index (χ2n) is 9.17. The minimum atomic E-state index is 0.896. The Morgan fingerprint density at radius 1 is 0.800 bits per heavy atom. The fraction of sp³-hybridized carbons (Fsp3) is 0.800. The van der Waals surface area contributed by atoms with Crippen LogP contribution in [0.15, 0.2) is 24.3 Å². The van der Waals surface area contributed by atoms with E-state index in [0.717, 1.165) is 65.1 Å². The highest BCUT2D eigenvalue weighted by molar-refractivity contribution is 5.26. The molecule has 106 valence electrons. The van der Waals surface area contributed by atoms with Gasteiger partial charge in [-0.3, -0.25) is 0 Å². The second kappa shape index (κ2) is 3.28. The molecule has 0 spiro atoms.